The lowest BCUT2D eigenvalue weighted by Gasteiger charge is -2.30. The summed E-state index contributed by atoms with van der Waals surface area (Å²) in [6, 6.07) is 0. The maximum Gasteiger partial charge on any atom is 0.472 e. The van der Waals surface area contributed by atoms with Crippen molar-refractivity contribution in [3.63, 3.8) is 0 Å². The lowest BCUT2D eigenvalue weighted by molar-refractivity contribution is -0.0584. The molecular weight excluding hydrogens is 582 g/mol. The van der Waals surface area contributed by atoms with Crippen molar-refractivity contribution in [1.82, 2.24) is 39.0 Å². The van der Waals surface area contributed by atoms with Crippen molar-refractivity contribution in [2.75, 3.05) is 24.2 Å². The number of rotatable bonds is 3. The van der Waals surface area contributed by atoms with E-state index in [0.717, 1.165) is 4.57 Å². The number of H-pyrrole nitrogens is 1. The number of aromatic nitrogens is 8. The number of imidazole rings is 2. The van der Waals surface area contributed by atoms with E-state index in [4.69, 9.17) is 25.3 Å². The zero-order valence-electron chi connectivity index (χ0n) is 21.5. The molecule has 9 atom stereocenters. The third-order valence-electron chi connectivity index (χ3n) is 7.19. The summed E-state index contributed by atoms with van der Waals surface area (Å²) in [5.41, 5.74) is 11.5. The first-order valence-electron chi connectivity index (χ1n) is 12.6. The summed E-state index contributed by atoms with van der Waals surface area (Å²) in [5.74, 6) is -0.442. The Kier molecular flexibility index (Phi) is 7.28. The van der Waals surface area contributed by atoms with Crippen LogP contribution < -0.4 is 17.0 Å². The van der Waals surface area contributed by atoms with Crippen LogP contribution in [0.15, 0.2) is 23.8 Å². The van der Waals surface area contributed by atoms with Gasteiger partial charge in [-0.25, -0.2) is 24.5 Å². The van der Waals surface area contributed by atoms with E-state index in [-0.39, 0.29) is 43.6 Å². The topological polar surface area (TPSA) is 265 Å². The van der Waals surface area contributed by atoms with E-state index in [1.807, 2.05) is 6.92 Å². The summed E-state index contributed by atoms with van der Waals surface area (Å²) in [7, 11) is -4.57. The van der Waals surface area contributed by atoms with Crippen molar-refractivity contribution in [2.24, 2.45) is 5.92 Å². The standard InChI is InChI=1S/C21H28N10O8P2/c1-8-2-10(19(34)30-6-27-13-17(30)28-21(23)29-18(13)33)39-41(35,36)37-3-11-14(32)9(4-40-8)20(38-11)31-7-26-12-15(22)24-5-25-16(12)31/h5-11,14,19-20,32,34,40H,2-4H2,1H3,(H,35,36)(H2,22,24,25)(H3,23,28,29,33)/t8?,9-,10-,11-,14+,19-,20-/m1/s1. The number of nitrogen functional groups attached to an aromatic ring is 2. The van der Waals surface area contributed by atoms with Crippen LogP contribution in [0, 0.1) is 5.92 Å². The molecule has 8 N–H and O–H groups in total. The van der Waals surface area contributed by atoms with Crippen molar-refractivity contribution in [3.8, 4) is 0 Å². The lowest BCUT2D eigenvalue weighted by Crippen LogP contribution is -2.33. The van der Waals surface area contributed by atoms with Crippen LogP contribution in [0.5, 0.6) is 0 Å². The number of aliphatic hydroxyl groups is 2. The molecule has 2 aliphatic heterocycles. The Labute approximate surface area is 232 Å². The van der Waals surface area contributed by atoms with Gasteiger partial charge in [-0.15, -0.1) is 8.58 Å². The Morgan fingerprint density at radius 2 is 1.98 bits per heavy atom. The molecule has 0 spiro atoms. The smallest absolute Gasteiger partial charge is 0.390 e. The van der Waals surface area contributed by atoms with Crippen LogP contribution in [0.2, 0.25) is 0 Å². The van der Waals surface area contributed by atoms with E-state index in [0.29, 0.717) is 17.3 Å². The third-order valence-corrected chi connectivity index (χ3v) is 9.84. The summed E-state index contributed by atoms with van der Waals surface area (Å²) in [4.78, 5) is 45.7. The van der Waals surface area contributed by atoms with Gasteiger partial charge in [-0.2, -0.15) is 4.98 Å². The molecule has 2 fully saturated rings. The highest BCUT2D eigenvalue weighted by molar-refractivity contribution is 7.47. The molecule has 4 aromatic heterocycles. The predicted molar refractivity (Wildman–Crippen MR) is 145 cm³/mol. The first-order chi connectivity index (χ1) is 19.5. The minimum atomic E-state index is -4.79. The number of phosphoric acid groups is 1. The van der Waals surface area contributed by atoms with E-state index < -0.39 is 56.7 Å². The molecule has 6 heterocycles. The molecule has 220 valence electrons. The van der Waals surface area contributed by atoms with Gasteiger partial charge < -0.3 is 31.3 Å². The minimum absolute atomic E-state index is 0.0216. The van der Waals surface area contributed by atoms with E-state index in [1.165, 1.54) is 19.0 Å². The fourth-order valence-electron chi connectivity index (χ4n) is 5.17. The van der Waals surface area contributed by atoms with Gasteiger partial charge in [-0.3, -0.25) is 28.0 Å². The Balaban J connectivity index is 1.29. The number of hydrogen-bond donors (Lipinski definition) is 6. The number of hydrogen-bond acceptors (Lipinski definition) is 14. The second kappa shape index (κ2) is 10.6. The number of anilines is 2. The fourth-order valence-corrected chi connectivity index (χ4v) is 7.62. The molecule has 2 aliphatic rings. The molecule has 41 heavy (non-hydrogen) atoms. The van der Waals surface area contributed by atoms with Crippen molar-refractivity contribution < 1.29 is 33.5 Å². The highest BCUT2D eigenvalue weighted by Gasteiger charge is 2.47. The predicted octanol–water partition coefficient (Wildman–Crippen LogP) is -0.538. The number of aromatic amines is 1. The van der Waals surface area contributed by atoms with Crippen LogP contribution in [0.4, 0.5) is 11.8 Å². The van der Waals surface area contributed by atoms with Gasteiger partial charge in [0.1, 0.15) is 30.3 Å². The Morgan fingerprint density at radius 1 is 1.20 bits per heavy atom. The molecule has 3 unspecified atom stereocenters. The quantitative estimate of drug-likeness (QED) is 0.159. The van der Waals surface area contributed by atoms with Crippen LogP contribution >= 0.6 is 16.4 Å². The first kappa shape index (κ1) is 28.1. The number of ether oxygens (including phenoxy) is 1. The largest absolute Gasteiger partial charge is 0.472 e. The molecule has 20 heteroatoms. The summed E-state index contributed by atoms with van der Waals surface area (Å²) in [5, 5.41) is 22.4. The third kappa shape index (κ3) is 5.21. The van der Waals surface area contributed by atoms with Crippen molar-refractivity contribution in [2.45, 2.75) is 49.8 Å². The molecule has 6 rings (SSSR count). The molecule has 0 radical (unpaired) electrons. The van der Waals surface area contributed by atoms with Gasteiger partial charge in [0.2, 0.25) is 5.95 Å². The number of nitrogens with zero attached hydrogens (tertiary/aromatic N) is 7. The Bertz CT molecular complexity index is 1700. The normalized spacial score (nSPS) is 32.7. The summed E-state index contributed by atoms with van der Waals surface area (Å²) in [6.07, 6.45) is -0.968. The van der Waals surface area contributed by atoms with Crippen molar-refractivity contribution in [3.05, 3.63) is 29.3 Å². The fraction of sp³-hybridized carbons (Fsp3) is 0.524. The second-order valence-corrected chi connectivity index (χ2v) is 13.2. The summed E-state index contributed by atoms with van der Waals surface area (Å²) in [6.45, 7) is 1.41. The van der Waals surface area contributed by atoms with Crippen LogP contribution in [0.3, 0.4) is 0 Å². The van der Waals surface area contributed by atoms with Crippen molar-refractivity contribution in [1.29, 1.82) is 0 Å². The van der Waals surface area contributed by atoms with Crippen LogP contribution in [0.25, 0.3) is 22.3 Å². The molecule has 2 bridgehead atoms. The summed E-state index contributed by atoms with van der Waals surface area (Å²) < 4.78 is 32.7. The van der Waals surface area contributed by atoms with Crippen LogP contribution in [0.1, 0.15) is 25.8 Å². The number of aliphatic hydroxyl groups excluding tert-OH is 2. The summed E-state index contributed by atoms with van der Waals surface area (Å²) >= 11 is 0. The van der Waals surface area contributed by atoms with E-state index in [9.17, 15) is 24.5 Å². The number of nitrogens with two attached hydrogens (primary N) is 2. The maximum absolute atomic E-state index is 13.0. The molecular formula is C21H28N10O8P2. The van der Waals surface area contributed by atoms with Crippen LogP contribution in [-0.4, -0.2) is 90.9 Å². The number of phosphoric ester groups is 1. The van der Waals surface area contributed by atoms with E-state index >= 15 is 0 Å². The van der Waals surface area contributed by atoms with Gasteiger partial charge in [0.05, 0.1) is 25.4 Å². The number of fused-ring (bicyclic) bond motifs is 4. The SMILES string of the molecule is CC1C[C@H]([C@@H](O)n2cnc3c(=O)[nH]c(N)nc32)OP(=O)(O)OC[C@H]2O[C@@H](n3cnc4c(N)ncnc43)[C@H](CP1)[C@@H]2O. The molecule has 2 saturated heterocycles. The molecule has 0 amide bonds. The van der Waals surface area contributed by atoms with Gasteiger partial charge in [-0.1, -0.05) is 6.92 Å². The van der Waals surface area contributed by atoms with Crippen LogP contribution in [-0.2, 0) is 18.3 Å². The highest BCUT2D eigenvalue weighted by Crippen LogP contribution is 2.50. The average Bonchev–Trinajstić information content (AvgIpc) is 3.61. The van der Waals surface area contributed by atoms with Gasteiger partial charge >= 0.3 is 7.82 Å². The van der Waals surface area contributed by atoms with Gasteiger partial charge in [-0.05, 0) is 18.2 Å². The van der Waals surface area contributed by atoms with Gasteiger partial charge in [0.15, 0.2) is 28.9 Å². The minimum Gasteiger partial charge on any atom is -0.390 e. The zero-order valence-corrected chi connectivity index (χ0v) is 23.4. The van der Waals surface area contributed by atoms with Gasteiger partial charge in [0.25, 0.3) is 5.56 Å². The lowest BCUT2D eigenvalue weighted by atomic mass is 10.0. The highest BCUT2D eigenvalue weighted by atomic mass is 31.2. The monoisotopic (exact) mass is 610 g/mol. The Morgan fingerprint density at radius 3 is 2.78 bits per heavy atom. The van der Waals surface area contributed by atoms with E-state index in [1.54, 1.807) is 4.57 Å². The number of nitrogens with one attached hydrogen (secondary N) is 1. The van der Waals surface area contributed by atoms with Gasteiger partial charge in [0, 0.05) is 5.92 Å². The molecule has 0 saturated carbocycles. The molecule has 0 aromatic carbocycles. The molecule has 0 aliphatic carbocycles. The molecule has 18 nitrogen and oxygen atoms in total. The van der Waals surface area contributed by atoms with E-state index in [2.05, 4.69) is 29.9 Å². The zero-order chi connectivity index (χ0) is 29.1. The second-order valence-electron chi connectivity index (χ2n) is 9.94. The molecule has 4 aromatic rings. The average molecular weight is 610 g/mol. The first-order valence-corrected chi connectivity index (χ1v) is 15.4. The maximum atomic E-state index is 13.0. The van der Waals surface area contributed by atoms with Crippen molar-refractivity contribution >= 4 is 50.5 Å². The Hall–Kier alpha value is -3.08.